The van der Waals surface area contributed by atoms with E-state index in [1.807, 2.05) is 12.1 Å². The van der Waals surface area contributed by atoms with Crippen LogP contribution < -0.4 is 30.3 Å². The quantitative estimate of drug-likeness (QED) is 0.169. The number of benzene rings is 2. The van der Waals surface area contributed by atoms with Crippen LogP contribution in [-0.4, -0.2) is 51.1 Å². The van der Waals surface area contributed by atoms with Crippen molar-refractivity contribution < 1.29 is 33.3 Å². The van der Waals surface area contributed by atoms with Gasteiger partial charge in [-0.25, -0.2) is 15.0 Å². The van der Waals surface area contributed by atoms with Gasteiger partial charge in [0, 0.05) is 11.3 Å². The predicted octanol–water partition coefficient (Wildman–Crippen LogP) is 2.98. The van der Waals surface area contributed by atoms with Crippen molar-refractivity contribution in [2.75, 3.05) is 26.9 Å². The lowest BCUT2D eigenvalue weighted by molar-refractivity contribution is -0.139. The fourth-order valence-corrected chi connectivity index (χ4v) is 3.62. The van der Waals surface area contributed by atoms with Crippen LogP contribution in [0.25, 0.3) is 0 Å². The minimum absolute atomic E-state index is 0.189. The Morgan fingerprint density at radius 1 is 1.13 bits per heavy atom. The lowest BCUT2D eigenvalue weighted by Gasteiger charge is -2.28. The fraction of sp³-hybridized carbons (Fsp3) is 0.259. The summed E-state index contributed by atoms with van der Waals surface area (Å²) in [6, 6.07) is 10.9. The van der Waals surface area contributed by atoms with Crippen LogP contribution in [0.3, 0.4) is 0 Å². The molecule has 0 spiro atoms. The monoisotopic (exact) mass is 522 g/mol. The van der Waals surface area contributed by atoms with E-state index in [0.717, 1.165) is 0 Å². The van der Waals surface area contributed by atoms with Crippen LogP contribution in [0, 0.1) is 0 Å². The van der Waals surface area contributed by atoms with Gasteiger partial charge in [0.15, 0.2) is 18.1 Å². The standard InChI is InChI=1S/C27H30N4O7/c1-5-13-37-20-10-8-7-9-19(20)15-28-31-23(32)16-38-21-12-11-18(14-22(21)35-4)25-24(26(33)36-6-2)17(3)29-27(34)30-25/h5,7-12,14-15,25H,1,6,13,16H2,2-4H3,(H,31,32)(H2,29,30,34)/b28-15-/t25-/m0/s1. The molecule has 0 radical (unpaired) electrons. The van der Waals surface area contributed by atoms with Crippen molar-refractivity contribution >= 4 is 24.1 Å². The maximum absolute atomic E-state index is 12.5. The summed E-state index contributed by atoms with van der Waals surface area (Å²) in [5.74, 6) is 0.157. The van der Waals surface area contributed by atoms with E-state index in [1.165, 1.54) is 13.3 Å². The molecule has 2 aromatic carbocycles. The number of nitrogens with one attached hydrogen (secondary N) is 3. The number of allylic oxidation sites excluding steroid dienone is 1. The molecule has 0 aromatic heterocycles. The Bertz CT molecular complexity index is 1260. The molecule has 1 aliphatic heterocycles. The zero-order valence-corrected chi connectivity index (χ0v) is 21.4. The highest BCUT2D eigenvalue weighted by molar-refractivity contribution is 5.95. The van der Waals surface area contributed by atoms with E-state index in [1.54, 1.807) is 50.3 Å². The number of para-hydroxylation sites is 1. The van der Waals surface area contributed by atoms with Gasteiger partial charge in [0.25, 0.3) is 5.91 Å². The molecule has 2 aromatic rings. The summed E-state index contributed by atoms with van der Waals surface area (Å²) in [6.07, 6.45) is 3.10. The van der Waals surface area contributed by atoms with Crippen LogP contribution in [0.1, 0.15) is 31.0 Å². The summed E-state index contributed by atoms with van der Waals surface area (Å²) in [5, 5.41) is 9.27. The Hall–Kier alpha value is -4.80. The highest BCUT2D eigenvalue weighted by Crippen LogP contribution is 2.34. The van der Waals surface area contributed by atoms with Crippen LogP contribution in [-0.2, 0) is 14.3 Å². The molecule has 11 nitrogen and oxygen atoms in total. The van der Waals surface area contributed by atoms with E-state index in [9.17, 15) is 14.4 Å². The summed E-state index contributed by atoms with van der Waals surface area (Å²) in [5.41, 5.74) is 4.32. The van der Waals surface area contributed by atoms with E-state index in [0.29, 0.717) is 34.9 Å². The van der Waals surface area contributed by atoms with Crippen LogP contribution in [0.15, 0.2) is 71.5 Å². The summed E-state index contributed by atoms with van der Waals surface area (Å²) in [7, 11) is 1.44. The molecule has 0 fully saturated rings. The van der Waals surface area contributed by atoms with E-state index < -0.39 is 23.9 Å². The van der Waals surface area contributed by atoms with Crippen LogP contribution in [0.5, 0.6) is 17.2 Å². The number of methoxy groups -OCH3 is 1. The zero-order valence-electron chi connectivity index (χ0n) is 21.4. The maximum Gasteiger partial charge on any atom is 0.338 e. The van der Waals surface area contributed by atoms with Gasteiger partial charge in [0.05, 0.1) is 31.5 Å². The van der Waals surface area contributed by atoms with Crippen molar-refractivity contribution in [3.8, 4) is 17.2 Å². The predicted molar refractivity (Wildman–Crippen MR) is 140 cm³/mol. The number of carbonyl (C=O) groups excluding carboxylic acids is 3. The molecule has 0 saturated heterocycles. The molecule has 3 amide bonds. The largest absolute Gasteiger partial charge is 0.493 e. The molecular weight excluding hydrogens is 492 g/mol. The highest BCUT2D eigenvalue weighted by atomic mass is 16.5. The topological polar surface area (TPSA) is 137 Å². The number of hydrazone groups is 1. The van der Waals surface area contributed by atoms with Crippen molar-refractivity contribution in [3.05, 3.63) is 77.5 Å². The van der Waals surface area contributed by atoms with Gasteiger partial charge in [-0.2, -0.15) is 5.10 Å². The number of esters is 1. The molecule has 1 atom stereocenters. The van der Waals surface area contributed by atoms with Gasteiger partial charge in [0.2, 0.25) is 0 Å². The Morgan fingerprint density at radius 3 is 2.66 bits per heavy atom. The number of hydrogen-bond donors (Lipinski definition) is 3. The number of ether oxygens (including phenoxy) is 4. The highest BCUT2D eigenvalue weighted by Gasteiger charge is 2.32. The first-order valence-corrected chi connectivity index (χ1v) is 11.8. The summed E-state index contributed by atoms with van der Waals surface area (Å²) >= 11 is 0. The van der Waals surface area contributed by atoms with Gasteiger partial charge in [0.1, 0.15) is 12.4 Å². The molecule has 38 heavy (non-hydrogen) atoms. The molecular formula is C27H30N4O7. The minimum atomic E-state index is -0.762. The molecule has 1 heterocycles. The van der Waals surface area contributed by atoms with Gasteiger partial charge < -0.3 is 29.6 Å². The number of hydrogen-bond acceptors (Lipinski definition) is 8. The van der Waals surface area contributed by atoms with Gasteiger partial charge in [-0.1, -0.05) is 30.9 Å². The Morgan fingerprint density at radius 2 is 1.92 bits per heavy atom. The van der Waals surface area contributed by atoms with Crippen LogP contribution in [0.2, 0.25) is 0 Å². The van der Waals surface area contributed by atoms with E-state index >= 15 is 0 Å². The zero-order chi connectivity index (χ0) is 27.5. The second kappa shape index (κ2) is 13.5. The second-order valence-electron chi connectivity index (χ2n) is 7.92. The molecule has 0 saturated carbocycles. The lowest BCUT2D eigenvalue weighted by Crippen LogP contribution is -2.45. The van der Waals surface area contributed by atoms with Crippen molar-refractivity contribution in [3.63, 3.8) is 0 Å². The van der Waals surface area contributed by atoms with E-state index in [-0.39, 0.29) is 24.5 Å². The van der Waals surface area contributed by atoms with Crippen molar-refractivity contribution in [1.29, 1.82) is 0 Å². The summed E-state index contributed by atoms with van der Waals surface area (Å²) in [6.45, 7) is 7.14. The average Bonchev–Trinajstić information content (AvgIpc) is 2.90. The maximum atomic E-state index is 12.5. The first-order chi connectivity index (χ1) is 18.4. The first kappa shape index (κ1) is 27.8. The van der Waals surface area contributed by atoms with Gasteiger partial charge in [-0.05, 0) is 43.7 Å². The second-order valence-corrected chi connectivity index (χ2v) is 7.92. The summed E-state index contributed by atoms with van der Waals surface area (Å²) in [4.78, 5) is 36.9. The average molecular weight is 523 g/mol. The number of amides is 3. The number of nitrogens with zero attached hydrogens (tertiary/aromatic N) is 1. The molecule has 3 rings (SSSR count). The lowest BCUT2D eigenvalue weighted by atomic mass is 9.95. The van der Waals surface area contributed by atoms with Crippen molar-refractivity contribution in [2.24, 2.45) is 5.10 Å². The van der Waals surface area contributed by atoms with Crippen molar-refractivity contribution in [1.82, 2.24) is 16.1 Å². The first-order valence-electron chi connectivity index (χ1n) is 11.8. The van der Waals surface area contributed by atoms with Gasteiger partial charge in [-0.3, -0.25) is 4.79 Å². The SMILES string of the molecule is C=CCOc1ccccc1/C=N\NC(=O)COc1ccc([C@@H]2NC(=O)NC(C)=C2C(=O)OCC)cc1OC. The third-order valence-electron chi connectivity index (χ3n) is 5.31. The van der Waals surface area contributed by atoms with E-state index in [4.69, 9.17) is 18.9 Å². The van der Waals surface area contributed by atoms with Crippen LogP contribution in [0.4, 0.5) is 4.79 Å². The Kier molecular flexibility index (Phi) is 9.86. The third kappa shape index (κ3) is 7.12. The normalized spacial score (nSPS) is 14.8. The van der Waals surface area contributed by atoms with E-state index in [2.05, 4.69) is 27.7 Å². The third-order valence-corrected chi connectivity index (χ3v) is 5.31. The smallest absolute Gasteiger partial charge is 0.338 e. The molecule has 11 heteroatoms. The molecule has 3 N–H and O–H groups in total. The van der Waals surface area contributed by atoms with Crippen molar-refractivity contribution in [2.45, 2.75) is 19.9 Å². The molecule has 0 unspecified atom stereocenters. The van der Waals surface area contributed by atoms with Crippen LogP contribution >= 0.6 is 0 Å². The number of carbonyl (C=O) groups is 3. The molecule has 0 aliphatic carbocycles. The number of urea groups is 1. The number of rotatable bonds is 12. The Balaban J connectivity index is 1.67. The van der Waals surface area contributed by atoms with Gasteiger partial charge >= 0.3 is 12.0 Å². The molecule has 0 bridgehead atoms. The minimum Gasteiger partial charge on any atom is -0.493 e. The summed E-state index contributed by atoms with van der Waals surface area (Å²) < 4.78 is 21.8. The molecule has 1 aliphatic rings. The Labute approximate surface area is 220 Å². The van der Waals surface area contributed by atoms with Gasteiger partial charge in [-0.15, -0.1) is 0 Å². The molecule has 200 valence electrons. The fourth-order valence-electron chi connectivity index (χ4n) is 3.62.